The second-order valence-corrected chi connectivity index (χ2v) is 4.31. The Morgan fingerprint density at radius 2 is 2.16 bits per heavy atom. The maximum absolute atomic E-state index is 13.8. The normalized spacial score (nSPS) is 29.6. The zero-order valence-electron chi connectivity index (χ0n) is 9.84. The van der Waals surface area contributed by atoms with Gasteiger partial charge in [-0.25, -0.2) is 4.79 Å². The number of aromatic nitrogens is 2. The summed E-state index contributed by atoms with van der Waals surface area (Å²) >= 11 is 0. The van der Waals surface area contributed by atoms with Gasteiger partial charge in [0.2, 0.25) is 6.23 Å². The first-order valence-corrected chi connectivity index (χ1v) is 5.43. The van der Waals surface area contributed by atoms with Crippen LogP contribution in [0.25, 0.3) is 0 Å². The SMILES string of the molecule is Cc1cn([C@@H]2O[C@H](CO)C(O)C2(F)F)c(=O)[nH]c1=O. The number of nitrogens with one attached hydrogen (secondary N) is 1. The largest absolute Gasteiger partial charge is 0.394 e. The molecule has 0 amide bonds. The molecular weight excluding hydrogens is 266 g/mol. The van der Waals surface area contributed by atoms with Crippen LogP contribution < -0.4 is 11.2 Å². The molecule has 19 heavy (non-hydrogen) atoms. The Morgan fingerprint density at radius 1 is 1.53 bits per heavy atom. The van der Waals surface area contributed by atoms with Gasteiger partial charge in [-0.15, -0.1) is 0 Å². The molecule has 1 fully saturated rings. The van der Waals surface area contributed by atoms with Crippen LogP contribution in [0.1, 0.15) is 11.8 Å². The lowest BCUT2D eigenvalue weighted by atomic mass is 10.1. The number of aliphatic hydroxyl groups is 2. The molecule has 106 valence electrons. The summed E-state index contributed by atoms with van der Waals surface area (Å²) in [5.41, 5.74) is -1.73. The number of hydrogen-bond acceptors (Lipinski definition) is 5. The van der Waals surface area contributed by atoms with E-state index < -0.39 is 42.2 Å². The van der Waals surface area contributed by atoms with Gasteiger partial charge in [-0.3, -0.25) is 14.3 Å². The van der Waals surface area contributed by atoms with Gasteiger partial charge in [-0.2, -0.15) is 8.78 Å². The zero-order valence-corrected chi connectivity index (χ0v) is 9.84. The van der Waals surface area contributed by atoms with Gasteiger partial charge in [-0.05, 0) is 6.92 Å². The van der Waals surface area contributed by atoms with Crippen LogP contribution in [0, 0.1) is 6.92 Å². The smallest absolute Gasteiger partial charge is 0.330 e. The minimum absolute atomic E-state index is 0.0425. The van der Waals surface area contributed by atoms with E-state index >= 15 is 0 Å². The molecular formula is C10H12F2N2O5. The van der Waals surface area contributed by atoms with Gasteiger partial charge in [0.1, 0.15) is 6.10 Å². The van der Waals surface area contributed by atoms with Crippen molar-refractivity contribution in [1.29, 1.82) is 0 Å². The quantitative estimate of drug-likeness (QED) is 0.625. The van der Waals surface area contributed by atoms with E-state index in [2.05, 4.69) is 0 Å². The molecule has 1 aliphatic rings. The number of aromatic amines is 1. The molecule has 0 aliphatic carbocycles. The minimum atomic E-state index is -3.76. The van der Waals surface area contributed by atoms with Crippen molar-refractivity contribution in [3.8, 4) is 0 Å². The summed E-state index contributed by atoms with van der Waals surface area (Å²) < 4.78 is 32.9. The van der Waals surface area contributed by atoms with E-state index in [0.717, 1.165) is 6.20 Å². The van der Waals surface area contributed by atoms with E-state index in [9.17, 15) is 23.5 Å². The Balaban J connectivity index is 2.51. The second-order valence-electron chi connectivity index (χ2n) is 4.31. The molecule has 1 unspecified atom stereocenters. The summed E-state index contributed by atoms with van der Waals surface area (Å²) in [6, 6.07) is 0. The molecule has 0 aromatic carbocycles. The first-order valence-electron chi connectivity index (χ1n) is 5.43. The molecule has 7 nitrogen and oxygen atoms in total. The van der Waals surface area contributed by atoms with Gasteiger partial charge in [0, 0.05) is 11.8 Å². The molecule has 1 aliphatic heterocycles. The molecule has 1 aromatic heterocycles. The van der Waals surface area contributed by atoms with Crippen LogP contribution in [0.5, 0.6) is 0 Å². The highest BCUT2D eigenvalue weighted by molar-refractivity contribution is 5.04. The number of aliphatic hydroxyl groups excluding tert-OH is 2. The number of halogens is 2. The standard InChI is InChI=1S/C10H12F2N2O5/c1-4-2-14(9(18)13-7(4)17)8-10(11,12)6(16)5(3-15)19-8/h2,5-6,8,15-16H,3H2,1H3,(H,13,17,18)/t5-,6?,8-/m1/s1. The van der Waals surface area contributed by atoms with Crippen molar-refractivity contribution in [2.45, 2.75) is 31.3 Å². The van der Waals surface area contributed by atoms with Gasteiger partial charge in [-0.1, -0.05) is 0 Å². The van der Waals surface area contributed by atoms with Crippen LogP contribution in [0.2, 0.25) is 0 Å². The van der Waals surface area contributed by atoms with Crippen molar-refractivity contribution in [1.82, 2.24) is 9.55 Å². The highest BCUT2D eigenvalue weighted by atomic mass is 19.3. The first-order chi connectivity index (χ1) is 8.78. The van der Waals surface area contributed by atoms with E-state index in [1.54, 1.807) is 0 Å². The molecule has 0 saturated carbocycles. The fourth-order valence-electron chi connectivity index (χ4n) is 1.88. The fourth-order valence-corrected chi connectivity index (χ4v) is 1.88. The van der Waals surface area contributed by atoms with Crippen molar-refractivity contribution in [2.24, 2.45) is 0 Å². The number of rotatable bonds is 2. The molecule has 9 heteroatoms. The van der Waals surface area contributed by atoms with Crippen LogP contribution in [0.4, 0.5) is 8.78 Å². The molecule has 1 aromatic rings. The molecule has 0 bridgehead atoms. The third-order valence-corrected chi connectivity index (χ3v) is 2.96. The molecule has 1 saturated heterocycles. The maximum Gasteiger partial charge on any atom is 0.330 e. The number of alkyl halides is 2. The van der Waals surface area contributed by atoms with Crippen molar-refractivity contribution >= 4 is 0 Å². The third kappa shape index (κ3) is 2.09. The third-order valence-electron chi connectivity index (χ3n) is 2.96. The summed E-state index contributed by atoms with van der Waals surface area (Å²) in [6.45, 7) is 0.520. The molecule has 2 heterocycles. The average Bonchev–Trinajstić information content (AvgIpc) is 2.56. The predicted molar refractivity (Wildman–Crippen MR) is 58.0 cm³/mol. The lowest BCUT2D eigenvalue weighted by Gasteiger charge is -2.21. The van der Waals surface area contributed by atoms with Crippen LogP contribution in [-0.2, 0) is 4.74 Å². The summed E-state index contributed by atoms with van der Waals surface area (Å²) in [4.78, 5) is 24.5. The van der Waals surface area contributed by atoms with Gasteiger partial charge < -0.3 is 14.9 Å². The van der Waals surface area contributed by atoms with Crippen molar-refractivity contribution in [2.75, 3.05) is 6.61 Å². The topological polar surface area (TPSA) is 105 Å². The highest BCUT2D eigenvalue weighted by Crippen LogP contribution is 2.41. The van der Waals surface area contributed by atoms with E-state index in [-0.39, 0.29) is 5.56 Å². The Morgan fingerprint density at radius 3 is 2.68 bits per heavy atom. The van der Waals surface area contributed by atoms with Crippen LogP contribution in [0.15, 0.2) is 15.8 Å². The van der Waals surface area contributed by atoms with E-state index in [1.165, 1.54) is 6.92 Å². The lowest BCUT2D eigenvalue weighted by Crippen LogP contribution is -2.43. The molecule has 0 radical (unpaired) electrons. The average molecular weight is 278 g/mol. The Hall–Kier alpha value is -1.58. The molecule has 0 spiro atoms. The lowest BCUT2D eigenvalue weighted by molar-refractivity contribution is -0.141. The van der Waals surface area contributed by atoms with Crippen molar-refractivity contribution in [3.63, 3.8) is 0 Å². The molecule has 3 N–H and O–H groups in total. The number of H-pyrrole nitrogens is 1. The van der Waals surface area contributed by atoms with Crippen molar-refractivity contribution in [3.05, 3.63) is 32.6 Å². The second kappa shape index (κ2) is 4.51. The van der Waals surface area contributed by atoms with Gasteiger partial charge in [0.25, 0.3) is 5.56 Å². The fraction of sp³-hybridized carbons (Fsp3) is 0.600. The molecule has 2 rings (SSSR count). The first kappa shape index (κ1) is 13.8. The van der Waals surface area contributed by atoms with Gasteiger partial charge in [0.15, 0.2) is 6.10 Å². The zero-order chi connectivity index (χ0) is 14.4. The Bertz CT molecular complexity index is 596. The highest BCUT2D eigenvalue weighted by Gasteiger charge is 2.59. The number of nitrogens with zero attached hydrogens (tertiary/aromatic N) is 1. The van der Waals surface area contributed by atoms with Crippen LogP contribution >= 0.6 is 0 Å². The number of aryl methyl sites for hydroxylation is 1. The van der Waals surface area contributed by atoms with E-state index in [4.69, 9.17) is 9.84 Å². The monoisotopic (exact) mass is 278 g/mol. The maximum atomic E-state index is 13.8. The number of hydrogen-bond donors (Lipinski definition) is 3. The van der Waals surface area contributed by atoms with Crippen molar-refractivity contribution < 1.29 is 23.7 Å². The number of ether oxygens (including phenoxy) is 1. The summed E-state index contributed by atoms with van der Waals surface area (Å²) in [7, 11) is 0. The summed E-state index contributed by atoms with van der Waals surface area (Å²) in [6.07, 6.45) is -4.89. The van der Waals surface area contributed by atoms with E-state index in [0.29, 0.717) is 4.57 Å². The molecule has 3 atom stereocenters. The van der Waals surface area contributed by atoms with Gasteiger partial charge in [0.05, 0.1) is 6.61 Å². The Labute approximate surface area is 105 Å². The summed E-state index contributed by atoms with van der Waals surface area (Å²) in [5, 5.41) is 18.2. The minimum Gasteiger partial charge on any atom is -0.394 e. The summed E-state index contributed by atoms with van der Waals surface area (Å²) in [5.74, 6) is -3.76. The van der Waals surface area contributed by atoms with Gasteiger partial charge >= 0.3 is 11.6 Å². The Kier molecular flexibility index (Phi) is 3.29. The van der Waals surface area contributed by atoms with Crippen LogP contribution in [0.3, 0.4) is 0 Å². The predicted octanol–water partition coefficient (Wildman–Crippen LogP) is -1.27. The van der Waals surface area contributed by atoms with Crippen LogP contribution in [-0.4, -0.2) is 44.5 Å². The van der Waals surface area contributed by atoms with E-state index in [1.807, 2.05) is 4.98 Å².